The van der Waals surface area contributed by atoms with E-state index < -0.39 is 58.0 Å². The number of likely N-dealkylation sites (N-methyl/N-ethyl adjacent to an activating group) is 1. The van der Waals surface area contributed by atoms with Gasteiger partial charge in [0.2, 0.25) is 5.78 Å². The first-order valence-corrected chi connectivity index (χ1v) is 14.8. The predicted octanol–water partition coefficient (Wildman–Crippen LogP) is 2.89. The lowest BCUT2D eigenvalue weighted by molar-refractivity contribution is -0.153. The third-order valence-corrected chi connectivity index (χ3v) is 9.41. The normalized spacial score (nSPS) is 23.6. The second kappa shape index (κ2) is 11.4. The number of primary amides is 1. The Morgan fingerprint density at radius 2 is 1.64 bits per heavy atom. The summed E-state index contributed by atoms with van der Waals surface area (Å²) in [6.07, 6.45) is 0.130. The first kappa shape index (κ1) is 31.5. The summed E-state index contributed by atoms with van der Waals surface area (Å²) in [6.45, 7) is 0. The molecule has 3 aliphatic carbocycles. The summed E-state index contributed by atoms with van der Waals surface area (Å²) in [5.41, 5.74) is 4.45. The van der Waals surface area contributed by atoms with Crippen LogP contribution in [0.4, 0.5) is 5.69 Å². The fraction of sp³-hybridized carbons (Fsp3) is 0.257. The SMILES string of the molecule is COc1ccc(C(=O)Nc2ccc(-c3ccc(O)c4c3C[C@@H]3C[C@@H]5[C@@H](N(C)C)C(=O)C(C(N)=O)=C(O)[C@@]5(O)C(=O)C3=C4O)cc2)cc1. The zero-order valence-corrected chi connectivity index (χ0v) is 25.8. The number of aromatic hydroxyl groups is 1. The van der Waals surface area contributed by atoms with E-state index in [2.05, 4.69) is 5.32 Å². The van der Waals surface area contributed by atoms with E-state index in [1.165, 1.54) is 18.1 Å². The molecule has 7 N–H and O–H groups in total. The molecule has 0 heterocycles. The molecule has 3 aromatic rings. The number of hydrogen-bond acceptors (Lipinski definition) is 10. The van der Waals surface area contributed by atoms with Gasteiger partial charge in [0.15, 0.2) is 11.4 Å². The monoisotopic (exact) mass is 639 g/mol. The van der Waals surface area contributed by atoms with Crippen LogP contribution in [-0.2, 0) is 20.8 Å². The van der Waals surface area contributed by atoms with Crippen molar-refractivity contribution >= 4 is 34.8 Å². The van der Waals surface area contributed by atoms with Gasteiger partial charge in [-0.1, -0.05) is 18.2 Å². The van der Waals surface area contributed by atoms with Crippen LogP contribution in [0.3, 0.4) is 0 Å². The Kier molecular flexibility index (Phi) is 7.65. The molecule has 3 aromatic carbocycles. The number of phenolic OH excluding ortho intramolecular Hbond substituents is 1. The lowest BCUT2D eigenvalue weighted by Gasteiger charge is -2.50. The molecule has 12 heteroatoms. The minimum absolute atomic E-state index is 0.00401. The summed E-state index contributed by atoms with van der Waals surface area (Å²) >= 11 is 0. The minimum Gasteiger partial charge on any atom is -0.508 e. The first-order chi connectivity index (χ1) is 22.3. The van der Waals surface area contributed by atoms with Gasteiger partial charge < -0.3 is 36.2 Å². The molecule has 1 saturated carbocycles. The Labute approximate surface area is 269 Å². The Bertz CT molecular complexity index is 1910. The van der Waals surface area contributed by atoms with Crippen LogP contribution in [-0.4, -0.2) is 81.6 Å². The molecule has 47 heavy (non-hydrogen) atoms. The molecule has 12 nitrogen and oxygen atoms in total. The zero-order chi connectivity index (χ0) is 33.9. The number of benzene rings is 3. The van der Waals surface area contributed by atoms with Crippen molar-refractivity contribution < 1.29 is 44.3 Å². The number of carbonyl (C=O) groups excluding carboxylic acids is 4. The summed E-state index contributed by atoms with van der Waals surface area (Å²) < 4.78 is 5.14. The Hall–Kier alpha value is -5.46. The van der Waals surface area contributed by atoms with Crippen LogP contribution in [0.25, 0.3) is 16.9 Å². The number of ketones is 2. The number of methoxy groups -OCH3 is 1. The van der Waals surface area contributed by atoms with Gasteiger partial charge in [-0.15, -0.1) is 0 Å². The van der Waals surface area contributed by atoms with Crippen LogP contribution in [0.2, 0.25) is 0 Å². The Morgan fingerprint density at radius 1 is 0.979 bits per heavy atom. The van der Waals surface area contributed by atoms with E-state index >= 15 is 0 Å². The van der Waals surface area contributed by atoms with Crippen molar-refractivity contribution in [3.05, 3.63) is 94.3 Å². The van der Waals surface area contributed by atoms with Gasteiger partial charge in [0.25, 0.3) is 11.8 Å². The average Bonchev–Trinajstić information content (AvgIpc) is 3.03. The van der Waals surface area contributed by atoms with Gasteiger partial charge in [-0.2, -0.15) is 0 Å². The number of fused-ring (bicyclic) bond motifs is 3. The Balaban J connectivity index is 1.38. The number of amides is 2. The number of hydrogen-bond donors (Lipinski definition) is 6. The summed E-state index contributed by atoms with van der Waals surface area (Å²) in [5, 5.41) is 48.0. The third-order valence-electron chi connectivity index (χ3n) is 9.41. The van der Waals surface area contributed by atoms with Crippen molar-refractivity contribution in [2.75, 3.05) is 26.5 Å². The molecule has 4 atom stereocenters. The fourth-order valence-electron chi connectivity index (χ4n) is 7.19. The van der Waals surface area contributed by atoms with Gasteiger partial charge in [0.05, 0.1) is 18.7 Å². The van der Waals surface area contributed by atoms with E-state index in [0.717, 1.165) is 0 Å². The maximum atomic E-state index is 14.0. The summed E-state index contributed by atoms with van der Waals surface area (Å²) in [6, 6.07) is 15.5. The van der Waals surface area contributed by atoms with E-state index in [1.54, 1.807) is 68.7 Å². The van der Waals surface area contributed by atoms with Gasteiger partial charge >= 0.3 is 0 Å². The van der Waals surface area contributed by atoms with Crippen LogP contribution < -0.4 is 15.8 Å². The van der Waals surface area contributed by atoms with E-state index in [1.807, 2.05) is 0 Å². The molecular formula is C35H33N3O9. The maximum absolute atomic E-state index is 14.0. The van der Waals surface area contributed by atoms with Crippen molar-refractivity contribution in [2.45, 2.75) is 24.5 Å². The van der Waals surface area contributed by atoms with E-state index in [0.29, 0.717) is 33.7 Å². The van der Waals surface area contributed by atoms with Crippen molar-refractivity contribution in [1.29, 1.82) is 0 Å². The summed E-state index contributed by atoms with van der Waals surface area (Å²) in [5.74, 6) is -6.74. The smallest absolute Gasteiger partial charge is 0.255 e. The minimum atomic E-state index is -2.70. The molecule has 242 valence electrons. The number of aliphatic hydroxyl groups excluding tert-OH is 2. The number of phenols is 1. The fourth-order valence-corrected chi connectivity index (χ4v) is 7.19. The molecule has 6 rings (SSSR count). The lowest BCUT2D eigenvalue weighted by atomic mass is 9.57. The van der Waals surface area contributed by atoms with Crippen molar-refractivity contribution in [3.63, 3.8) is 0 Å². The molecule has 2 amide bonds. The number of nitrogens with one attached hydrogen (secondary N) is 1. The number of nitrogens with zero attached hydrogens (tertiary/aromatic N) is 1. The number of Topliss-reactive ketones (excluding diaryl/α,β-unsaturated/α-hetero) is 2. The number of nitrogens with two attached hydrogens (primary N) is 1. The quantitative estimate of drug-likeness (QED) is 0.218. The highest BCUT2D eigenvalue weighted by Gasteiger charge is 2.64. The highest BCUT2D eigenvalue weighted by Crippen LogP contribution is 2.53. The van der Waals surface area contributed by atoms with Crippen LogP contribution in [0, 0.1) is 11.8 Å². The second-order valence-corrected chi connectivity index (χ2v) is 12.2. The average molecular weight is 640 g/mol. The first-order valence-electron chi connectivity index (χ1n) is 14.8. The Morgan fingerprint density at radius 3 is 2.23 bits per heavy atom. The van der Waals surface area contributed by atoms with Gasteiger partial charge in [0.1, 0.15) is 28.6 Å². The standard InChI is InChI=1S/C35H33N3O9/c1-38(2)28-23-15-18-14-22-21(16-4-8-19(9-5-16)37-34(45)17-6-10-20(47-3)11-7-17)12-13-24(39)26(22)29(40)25(18)31(42)35(23,46)32(43)27(30(28)41)33(36)44/h4-13,18,23,28,39-40,43,46H,14-15H2,1-3H3,(H2,36,44)(H,37,45)/t18-,23-,28-,35+/m1/s1. The maximum Gasteiger partial charge on any atom is 0.255 e. The van der Waals surface area contributed by atoms with Gasteiger partial charge in [-0.05, 0) is 92.0 Å². The third kappa shape index (κ3) is 4.84. The van der Waals surface area contributed by atoms with Crippen LogP contribution in [0.1, 0.15) is 27.9 Å². The highest BCUT2D eigenvalue weighted by atomic mass is 16.5. The molecule has 0 unspecified atom stereocenters. The molecule has 0 bridgehead atoms. The number of carbonyl (C=O) groups is 4. The van der Waals surface area contributed by atoms with Gasteiger partial charge in [-0.25, -0.2) is 0 Å². The van der Waals surface area contributed by atoms with Crippen molar-refractivity contribution in [3.8, 4) is 22.6 Å². The molecular weight excluding hydrogens is 606 g/mol. The largest absolute Gasteiger partial charge is 0.508 e. The van der Waals surface area contributed by atoms with E-state index in [9.17, 15) is 39.6 Å². The van der Waals surface area contributed by atoms with E-state index in [4.69, 9.17) is 10.5 Å². The van der Waals surface area contributed by atoms with Gasteiger partial charge in [0, 0.05) is 22.7 Å². The van der Waals surface area contributed by atoms with Crippen molar-refractivity contribution in [2.24, 2.45) is 17.6 Å². The molecule has 0 radical (unpaired) electrons. The predicted molar refractivity (Wildman–Crippen MR) is 171 cm³/mol. The molecule has 0 aromatic heterocycles. The summed E-state index contributed by atoms with van der Waals surface area (Å²) in [7, 11) is 4.64. The number of rotatable bonds is 6. The van der Waals surface area contributed by atoms with Gasteiger partial charge in [-0.3, -0.25) is 24.1 Å². The van der Waals surface area contributed by atoms with Crippen LogP contribution >= 0.6 is 0 Å². The van der Waals surface area contributed by atoms with E-state index in [-0.39, 0.29) is 35.6 Å². The number of ether oxygens (including phenoxy) is 1. The molecule has 0 spiro atoms. The zero-order valence-electron chi connectivity index (χ0n) is 25.8. The molecule has 0 saturated heterocycles. The second-order valence-electron chi connectivity index (χ2n) is 12.2. The topological polar surface area (TPSA) is 200 Å². The lowest BCUT2D eigenvalue weighted by Crippen LogP contribution is -2.65. The van der Waals surface area contributed by atoms with Crippen LogP contribution in [0.15, 0.2) is 77.6 Å². The molecule has 1 fully saturated rings. The highest BCUT2D eigenvalue weighted by molar-refractivity contribution is 6.24. The van der Waals surface area contributed by atoms with Crippen molar-refractivity contribution in [1.82, 2.24) is 4.90 Å². The number of anilines is 1. The molecule has 0 aliphatic heterocycles. The number of aliphatic hydroxyl groups is 3. The summed E-state index contributed by atoms with van der Waals surface area (Å²) in [4.78, 5) is 53.8. The van der Waals surface area contributed by atoms with Crippen LogP contribution in [0.5, 0.6) is 11.5 Å². The molecule has 3 aliphatic rings.